The lowest BCUT2D eigenvalue weighted by molar-refractivity contribution is -0.116. The van der Waals surface area contributed by atoms with Crippen LogP contribution < -0.4 is 5.32 Å². The van der Waals surface area contributed by atoms with Crippen molar-refractivity contribution < 1.29 is 24.5 Å². The van der Waals surface area contributed by atoms with Crippen LogP contribution in [0.4, 0.5) is 4.79 Å². The van der Waals surface area contributed by atoms with Gasteiger partial charge in [-0.1, -0.05) is 24.3 Å². The number of ether oxygens (including phenoxy) is 1. The molecule has 0 spiro atoms. The van der Waals surface area contributed by atoms with Gasteiger partial charge in [-0.25, -0.2) is 4.79 Å². The molecular weight excluding hydrogens is 310 g/mol. The number of nitrogens with one attached hydrogen (secondary N) is 1. The zero-order valence-electron chi connectivity index (χ0n) is 14.7. The Kier molecular flexibility index (Phi) is 7.38. The average Bonchev–Trinajstić information content (AvgIpc) is 2.44. The van der Waals surface area contributed by atoms with Gasteiger partial charge in [-0.15, -0.1) is 0 Å². The highest BCUT2D eigenvalue weighted by atomic mass is 16.6. The van der Waals surface area contributed by atoms with E-state index in [0.717, 1.165) is 0 Å². The second kappa shape index (κ2) is 8.80. The predicted octanol–water partition coefficient (Wildman–Crippen LogP) is 2.13. The molecule has 0 heterocycles. The van der Waals surface area contributed by atoms with E-state index in [2.05, 4.69) is 5.32 Å². The van der Waals surface area contributed by atoms with E-state index in [1.165, 1.54) is 6.92 Å². The Balaban J connectivity index is 2.58. The van der Waals surface area contributed by atoms with Crippen LogP contribution in [-0.4, -0.2) is 40.3 Å². The topological polar surface area (TPSA) is 95.9 Å². The molecular formula is C18H27NO5. The van der Waals surface area contributed by atoms with Crippen molar-refractivity contribution in [3.05, 3.63) is 35.4 Å². The summed E-state index contributed by atoms with van der Waals surface area (Å²) in [6.45, 7) is 6.93. The molecule has 24 heavy (non-hydrogen) atoms. The summed E-state index contributed by atoms with van der Waals surface area (Å²) in [7, 11) is 0. The van der Waals surface area contributed by atoms with Crippen molar-refractivity contribution in [2.24, 2.45) is 0 Å². The van der Waals surface area contributed by atoms with E-state index in [4.69, 9.17) is 4.74 Å². The number of rotatable bonds is 7. The third-order valence-corrected chi connectivity index (χ3v) is 3.29. The number of carbonyl (C=O) groups excluding carboxylic acids is 2. The number of Topliss-reactive ketones (excluding diaryl/α,β-unsaturated/α-hetero) is 1. The van der Waals surface area contributed by atoms with Crippen molar-refractivity contribution in [2.45, 2.75) is 58.3 Å². The van der Waals surface area contributed by atoms with Crippen LogP contribution >= 0.6 is 0 Å². The van der Waals surface area contributed by atoms with Crippen molar-refractivity contribution in [2.75, 3.05) is 6.54 Å². The third kappa shape index (κ3) is 7.10. The molecule has 0 radical (unpaired) electrons. The van der Waals surface area contributed by atoms with Gasteiger partial charge in [0, 0.05) is 13.0 Å². The number of benzene rings is 1. The Morgan fingerprint density at radius 2 is 1.83 bits per heavy atom. The summed E-state index contributed by atoms with van der Waals surface area (Å²) in [5, 5.41) is 23.0. The van der Waals surface area contributed by atoms with E-state index >= 15 is 0 Å². The van der Waals surface area contributed by atoms with E-state index < -0.39 is 23.9 Å². The van der Waals surface area contributed by atoms with Crippen LogP contribution in [-0.2, 0) is 16.0 Å². The molecule has 6 heteroatoms. The number of ketones is 1. The molecule has 134 valence electrons. The zero-order chi connectivity index (χ0) is 18.3. The second-order valence-corrected chi connectivity index (χ2v) is 6.81. The first-order valence-electron chi connectivity index (χ1n) is 8.00. The minimum Gasteiger partial charge on any atom is -0.444 e. The second-order valence-electron chi connectivity index (χ2n) is 6.81. The molecule has 1 aromatic rings. The average molecular weight is 337 g/mol. The predicted molar refractivity (Wildman–Crippen MR) is 90.6 cm³/mol. The molecule has 0 saturated carbocycles. The summed E-state index contributed by atoms with van der Waals surface area (Å²) in [5.41, 5.74) is 0.627. The largest absolute Gasteiger partial charge is 0.444 e. The summed E-state index contributed by atoms with van der Waals surface area (Å²) >= 11 is 0. The van der Waals surface area contributed by atoms with Crippen molar-refractivity contribution >= 4 is 11.9 Å². The van der Waals surface area contributed by atoms with Crippen molar-refractivity contribution in [3.63, 3.8) is 0 Å². The maximum Gasteiger partial charge on any atom is 0.407 e. The number of aliphatic hydroxyl groups excluding tert-OH is 2. The molecule has 1 rings (SSSR count). The summed E-state index contributed by atoms with van der Waals surface area (Å²) in [5.74, 6) is -0.0178. The van der Waals surface area contributed by atoms with Gasteiger partial charge in [0.15, 0.2) is 0 Å². The van der Waals surface area contributed by atoms with Gasteiger partial charge in [-0.2, -0.15) is 0 Å². The number of aliphatic hydroxyl groups is 2. The molecule has 0 saturated heterocycles. The summed E-state index contributed by atoms with van der Waals surface area (Å²) in [4.78, 5) is 22.9. The lowest BCUT2D eigenvalue weighted by Crippen LogP contribution is -2.34. The standard InChI is InChI=1S/C18H27NO5/c1-12(20)11-13-7-5-6-8-14(13)16(22)15(21)9-10-19-17(23)24-18(2,3)4/h5-8,15-16,21-22H,9-11H2,1-4H3,(H,19,23). The molecule has 1 amide bonds. The van der Waals surface area contributed by atoms with Gasteiger partial charge in [-0.05, 0) is 45.2 Å². The Bertz CT molecular complexity index is 565. The molecule has 3 N–H and O–H groups in total. The van der Waals surface area contributed by atoms with Gasteiger partial charge in [-0.3, -0.25) is 4.79 Å². The minimum atomic E-state index is -1.12. The van der Waals surface area contributed by atoms with Crippen LogP contribution in [0.2, 0.25) is 0 Å². The van der Waals surface area contributed by atoms with Crippen LogP contribution in [0.3, 0.4) is 0 Å². The Morgan fingerprint density at radius 3 is 2.42 bits per heavy atom. The molecule has 1 aromatic carbocycles. The van der Waals surface area contributed by atoms with Crippen LogP contribution in [0, 0.1) is 0 Å². The first-order chi connectivity index (χ1) is 11.1. The molecule has 0 bridgehead atoms. The lowest BCUT2D eigenvalue weighted by atomic mass is 9.94. The highest BCUT2D eigenvalue weighted by Gasteiger charge is 2.22. The van der Waals surface area contributed by atoms with Crippen molar-refractivity contribution in [1.82, 2.24) is 5.32 Å². The van der Waals surface area contributed by atoms with Crippen LogP contribution in [0.25, 0.3) is 0 Å². The number of hydrogen-bond donors (Lipinski definition) is 3. The van der Waals surface area contributed by atoms with Gasteiger partial charge in [0.25, 0.3) is 0 Å². The lowest BCUT2D eigenvalue weighted by Gasteiger charge is -2.22. The third-order valence-electron chi connectivity index (χ3n) is 3.29. The van der Waals surface area contributed by atoms with E-state index in [9.17, 15) is 19.8 Å². The Hall–Kier alpha value is -1.92. The first-order valence-corrected chi connectivity index (χ1v) is 8.00. The molecule has 0 aliphatic carbocycles. The maximum atomic E-state index is 11.5. The molecule has 0 aromatic heterocycles. The number of carbonyl (C=O) groups is 2. The monoisotopic (exact) mass is 337 g/mol. The molecule has 2 unspecified atom stereocenters. The fourth-order valence-corrected chi connectivity index (χ4v) is 2.25. The van der Waals surface area contributed by atoms with Gasteiger partial charge < -0.3 is 20.3 Å². The molecule has 6 nitrogen and oxygen atoms in total. The fraction of sp³-hybridized carbons (Fsp3) is 0.556. The summed E-state index contributed by atoms with van der Waals surface area (Å²) in [6, 6.07) is 6.97. The highest BCUT2D eigenvalue weighted by Crippen LogP contribution is 2.23. The fourth-order valence-electron chi connectivity index (χ4n) is 2.25. The normalized spacial score (nSPS) is 13.9. The van der Waals surface area contributed by atoms with Gasteiger partial charge >= 0.3 is 6.09 Å². The minimum absolute atomic E-state index is 0.0178. The van der Waals surface area contributed by atoms with Gasteiger partial charge in [0.1, 0.15) is 17.5 Å². The Morgan fingerprint density at radius 1 is 1.21 bits per heavy atom. The van der Waals surface area contributed by atoms with E-state index in [-0.39, 0.29) is 25.2 Å². The Labute approximate surface area is 142 Å². The van der Waals surface area contributed by atoms with E-state index in [1.54, 1.807) is 45.0 Å². The molecule has 0 aliphatic rings. The van der Waals surface area contributed by atoms with Crippen LogP contribution in [0.5, 0.6) is 0 Å². The zero-order valence-corrected chi connectivity index (χ0v) is 14.7. The maximum absolute atomic E-state index is 11.5. The van der Waals surface area contributed by atoms with Crippen molar-refractivity contribution in [1.29, 1.82) is 0 Å². The number of hydrogen-bond acceptors (Lipinski definition) is 5. The van der Waals surface area contributed by atoms with Gasteiger partial charge in [0.05, 0.1) is 6.10 Å². The highest BCUT2D eigenvalue weighted by molar-refractivity contribution is 5.78. The number of alkyl carbamates (subject to hydrolysis) is 1. The van der Waals surface area contributed by atoms with Gasteiger partial charge in [0.2, 0.25) is 0 Å². The van der Waals surface area contributed by atoms with E-state index in [0.29, 0.717) is 11.1 Å². The number of amides is 1. The SMILES string of the molecule is CC(=O)Cc1ccccc1C(O)C(O)CCNC(=O)OC(C)(C)C. The summed E-state index contributed by atoms with van der Waals surface area (Å²) < 4.78 is 5.10. The quantitative estimate of drug-likeness (QED) is 0.708. The van der Waals surface area contributed by atoms with Crippen LogP contribution in [0.1, 0.15) is 51.3 Å². The molecule has 0 aliphatic heterocycles. The van der Waals surface area contributed by atoms with Crippen molar-refractivity contribution in [3.8, 4) is 0 Å². The van der Waals surface area contributed by atoms with Crippen LogP contribution in [0.15, 0.2) is 24.3 Å². The molecule has 0 fully saturated rings. The molecule has 2 atom stereocenters. The first kappa shape index (κ1) is 20.1. The smallest absolute Gasteiger partial charge is 0.407 e. The van der Waals surface area contributed by atoms with E-state index in [1.807, 2.05) is 0 Å². The summed E-state index contributed by atoms with van der Waals surface area (Å²) in [6.07, 6.45) is -2.39.